The van der Waals surface area contributed by atoms with E-state index in [0.717, 1.165) is 68.8 Å². The van der Waals surface area contributed by atoms with E-state index >= 15 is 0 Å². The van der Waals surface area contributed by atoms with Gasteiger partial charge in [0.1, 0.15) is 5.58 Å². The van der Waals surface area contributed by atoms with Crippen LogP contribution in [0, 0.1) is 18.1 Å². The Hall–Kier alpha value is -4.15. The van der Waals surface area contributed by atoms with Gasteiger partial charge in [-0.05, 0) is 77.9 Å². The summed E-state index contributed by atoms with van der Waals surface area (Å²) >= 11 is 0. The van der Waals surface area contributed by atoms with Crippen molar-refractivity contribution in [3.63, 3.8) is 0 Å². The Balaban J connectivity index is 0.000000165. The minimum Gasteiger partial charge on any atom is -0.501 e. The van der Waals surface area contributed by atoms with E-state index in [-0.39, 0.29) is 20.1 Å². The molecule has 0 atom stereocenters. The van der Waals surface area contributed by atoms with E-state index in [0.29, 0.717) is 0 Å². The fraction of sp³-hybridized carbons (Fsp3) is 0.277. The number of benzene rings is 4. The molecule has 3 heterocycles. The van der Waals surface area contributed by atoms with Crippen LogP contribution in [-0.2, 0) is 39.4 Å². The zero-order chi connectivity index (χ0) is 34.8. The summed E-state index contributed by atoms with van der Waals surface area (Å²) in [7, 11) is -1.35. The number of hydrogen-bond donors (Lipinski definition) is 0. The summed E-state index contributed by atoms with van der Waals surface area (Å²) in [6.07, 6.45) is 15.7. The minimum absolute atomic E-state index is 0. The first-order valence-corrected chi connectivity index (χ1v) is 22.3. The van der Waals surface area contributed by atoms with Crippen LogP contribution in [0.3, 0.4) is 0 Å². The molecule has 3 nitrogen and oxygen atoms in total. The van der Waals surface area contributed by atoms with Gasteiger partial charge in [-0.1, -0.05) is 121 Å². The molecule has 4 aromatic carbocycles. The van der Waals surface area contributed by atoms with Crippen LogP contribution in [0.2, 0.25) is 19.6 Å². The number of aromatic nitrogens is 2. The summed E-state index contributed by atoms with van der Waals surface area (Å²) in [4.78, 5) is 9.51. The summed E-state index contributed by atoms with van der Waals surface area (Å²) in [5.74, 6) is 0.880. The molecule has 265 valence electrons. The van der Waals surface area contributed by atoms with Crippen LogP contribution in [0.5, 0.6) is 0 Å². The zero-order valence-electron chi connectivity index (χ0n) is 30.5. The second kappa shape index (κ2) is 15.8. The SMILES string of the molecule is C[Si](C)(C)c1cnc(-c2[c-]cccc2)cc1CC1CCCC1.[Ir].[c-]1ccc2c(oc3cc(-c4ccccc4)ccc32)c1-c1nccc2c1CCCC2. The van der Waals surface area contributed by atoms with E-state index in [1.165, 1.54) is 61.6 Å². The van der Waals surface area contributed by atoms with Gasteiger partial charge in [-0.25, -0.2) is 0 Å². The van der Waals surface area contributed by atoms with Crippen LogP contribution >= 0.6 is 0 Å². The molecule has 52 heavy (non-hydrogen) atoms. The quantitative estimate of drug-likeness (QED) is 0.123. The van der Waals surface area contributed by atoms with Gasteiger partial charge in [-0.2, -0.15) is 0 Å². The number of fused-ring (bicyclic) bond motifs is 4. The number of aryl methyl sites for hydroxylation is 1. The summed E-state index contributed by atoms with van der Waals surface area (Å²) in [5.41, 5.74) is 12.7. The van der Waals surface area contributed by atoms with Crippen molar-refractivity contribution in [3.05, 3.63) is 138 Å². The molecule has 0 bridgehead atoms. The Bertz CT molecular complexity index is 2290. The van der Waals surface area contributed by atoms with E-state index in [9.17, 15) is 0 Å². The molecular formula is C47H46IrN2OSi-2. The molecule has 1 radical (unpaired) electrons. The fourth-order valence-electron chi connectivity index (χ4n) is 8.17. The molecule has 7 aromatic rings. The van der Waals surface area contributed by atoms with Crippen LogP contribution in [0.1, 0.15) is 55.2 Å². The smallest absolute Gasteiger partial charge is 0.121 e. The first-order chi connectivity index (χ1) is 24.9. The molecule has 1 fully saturated rings. The normalized spacial score (nSPS) is 14.4. The van der Waals surface area contributed by atoms with E-state index < -0.39 is 8.07 Å². The van der Waals surface area contributed by atoms with Gasteiger partial charge >= 0.3 is 0 Å². The van der Waals surface area contributed by atoms with Crippen LogP contribution in [0.25, 0.3) is 55.6 Å². The van der Waals surface area contributed by atoms with Gasteiger partial charge in [-0.15, -0.1) is 54.1 Å². The van der Waals surface area contributed by atoms with Gasteiger partial charge in [0.2, 0.25) is 0 Å². The maximum atomic E-state index is 6.42. The number of rotatable bonds is 6. The van der Waals surface area contributed by atoms with E-state index in [2.05, 4.69) is 111 Å². The standard InChI is InChI=1S/C27H20NO.C20H26NSi.Ir/c1-2-7-18(8-3-1)20-13-14-22-23-11-6-12-24(27(23)29-25(22)17-20)26-21-10-5-4-9-19(21)15-16-28-26;1-22(2,3)20-15-21-19(17-11-5-4-6-12-17)14-18(20)13-16-9-7-8-10-16;/h1-3,6-8,11,13-17H,4-5,9-10H2;4-6,11,14-16H,7-10,13H2,1-3H3;/q2*-1;. The molecule has 0 spiro atoms. The van der Waals surface area contributed by atoms with Crippen molar-refractivity contribution in [2.45, 2.75) is 77.4 Å². The molecule has 3 aromatic heterocycles. The van der Waals surface area contributed by atoms with Crippen molar-refractivity contribution in [1.82, 2.24) is 9.97 Å². The third kappa shape index (κ3) is 7.64. The molecular weight excluding hydrogens is 829 g/mol. The molecule has 0 aliphatic heterocycles. The molecule has 0 N–H and O–H groups in total. The third-order valence-electron chi connectivity index (χ3n) is 10.8. The van der Waals surface area contributed by atoms with Gasteiger partial charge in [0.25, 0.3) is 0 Å². The molecule has 9 rings (SSSR count). The van der Waals surface area contributed by atoms with E-state index in [1.54, 1.807) is 10.8 Å². The topological polar surface area (TPSA) is 38.9 Å². The summed E-state index contributed by atoms with van der Waals surface area (Å²) in [5, 5.41) is 3.81. The maximum absolute atomic E-state index is 6.42. The van der Waals surface area contributed by atoms with Crippen molar-refractivity contribution in [1.29, 1.82) is 0 Å². The van der Waals surface area contributed by atoms with Gasteiger partial charge < -0.3 is 14.4 Å². The van der Waals surface area contributed by atoms with Crippen molar-refractivity contribution >= 4 is 35.2 Å². The Morgan fingerprint density at radius 1 is 0.750 bits per heavy atom. The Morgan fingerprint density at radius 3 is 2.35 bits per heavy atom. The van der Waals surface area contributed by atoms with Gasteiger partial charge in [0.05, 0.1) is 13.7 Å². The second-order valence-electron chi connectivity index (χ2n) is 15.4. The van der Waals surface area contributed by atoms with Crippen molar-refractivity contribution in [2.75, 3.05) is 0 Å². The molecule has 0 unspecified atom stereocenters. The van der Waals surface area contributed by atoms with Crippen molar-refractivity contribution < 1.29 is 24.5 Å². The number of pyridine rings is 2. The average Bonchev–Trinajstić information content (AvgIpc) is 3.83. The molecule has 2 aliphatic carbocycles. The molecule has 0 amide bonds. The van der Waals surface area contributed by atoms with Crippen molar-refractivity contribution in [2.24, 2.45) is 5.92 Å². The molecule has 1 saturated carbocycles. The first kappa shape index (κ1) is 36.2. The number of hydrogen-bond acceptors (Lipinski definition) is 3. The van der Waals surface area contributed by atoms with E-state index in [1.807, 2.05) is 30.5 Å². The van der Waals surface area contributed by atoms with Crippen LogP contribution in [-0.4, -0.2) is 18.0 Å². The average molecular weight is 875 g/mol. The number of furan rings is 1. The summed E-state index contributed by atoms with van der Waals surface area (Å²) in [6, 6.07) is 40.4. The van der Waals surface area contributed by atoms with Gasteiger partial charge in [0, 0.05) is 37.9 Å². The summed E-state index contributed by atoms with van der Waals surface area (Å²) in [6.45, 7) is 7.28. The number of nitrogens with zero attached hydrogens (tertiary/aromatic N) is 2. The minimum atomic E-state index is -1.35. The maximum Gasteiger partial charge on any atom is 0.121 e. The fourth-order valence-corrected chi connectivity index (χ4v) is 9.76. The van der Waals surface area contributed by atoms with Crippen LogP contribution in [0.4, 0.5) is 0 Å². The molecule has 5 heteroatoms. The Morgan fingerprint density at radius 2 is 1.56 bits per heavy atom. The molecule has 2 aliphatic rings. The van der Waals surface area contributed by atoms with Crippen molar-refractivity contribution in [3.8, 4) is 33.6 Å². The van der Waals surface area contributed by atoms with Crippen LogP contribution in [0.15, 0.2) is 114 Å². The predicted octanol–water partition coefficient (Wildman–Crippen LogP) is 11.8. The second-order valence-corrected chi connectivity index (χ2v) is 20.4. The molecule has 0 saturated heterocycles. The third-order valence-corrected chi connectivity index (χ3v) is 12.9. The van der Waals surface area contributed by atoms with Crippen LogP contribution < -0.4 is 5.19 Å². The zero-order valence-corrected chi connectivity index (χ0v) is 33.9. The Kier molecular flexibility index (Phi) is 11.0. The predicted molar refractivity (Wildman–Crippen MR) is 215 cm³/mol. The monoisotopic (exact) mass is 875 g/mol. The van der Waals surface area contributed by atoms with Gasteiger partial charge in [0.15, 0.2) is 0 Å². The van der Waals surface area contributed by atoms with Gasteiger partial charge in [-0.3, -0.25) is 0 Å². The van der Waals surface area contributed by atoms with E-state index in [4.69, 9.17) is 14.4 Å². The largest absolute Gasteiger partial charge is 0.501 e. The Labute approximate surface area is 323 Å². The summed E-state index contributed by atoms with van der Waals surface area (Å²) < 4.78 is 6.42. The first-order valence-electron chi connectivity index (χ1n) is 18.8.